The molecule has 3 N–H and O–H groups in total. The van der Waals surface area contributed by atoms with Gasteiger partial charge in [0.25, 0.3) is 0 Å². The van der Waals surface area contributed by atoms with Crippen molar-refractivity contribution in [2.24, 2.45) is 5.73 Å². The third kappa shape index (κ3) is 2.43. The predicted molar refractivity (Wildman–Crippen MR) is 55.6 cm³/mol. The van der Waals surface area contributed by atoms with Crippen LogP contribution in [0.3, 0.4) is 0 Å². The van der Waals surface area contributed by atoms with Gasteiger partial charge in [0.2, 0.25) is 0 Å². The molecular formula is C11H11F2N3. The molecule has 0 spiro atoms. The van der Waals surface area contributed by atoms with Gasteiger partial charge in [-0.2, -0.15) is 0 Å². The van der Waals surface area contributed by atoms with Crippen molar-refractivity contribution in [1.29, 1.82) is 0 Å². The van der Waals surface area contributed by atoms with Crippen LogP contribution in [0.1, 0.15) is 17.4 Å². The van der Waals surface area contributed by atoms with Crippen molar-refractivity contribution in [2.75, 3.05) is 0 Å². The van der Waals surface area contributed by atoms with E-state index >= 15 is 0 Å². The van der Waals surface area contributed by atoms with Crippen LogP contribution in [0.15, 0.2) is 30.6 Å². The number of hydrogen-bond acceptors (Lipinski definition) is 2. The molecule has 0 saturated heterocycles. The van der Waals surface area contributed by atoms with Gasteiger partial charge in [0.15, 0.2) is 0 Å². The van der Waals surface area contributed by atoms with Gasteiger partial charge in [-0.3, -0.25) is 0 Å². The average molecular weight is 223 g/mol. The predicted octanol–water partition coefficient (Wildman–Crippen LogP) is 1.93. The lowest BCUT2D eigenvalue weighted by Crippen LogP contribution is -2.14. The first-order valence-corrected chi connectivity index (χ1v) is 4.85. The van der Waals surface area contributed by atoms with Crippen molar-refractivity contribution >= 4 is 0 Å². The highest BCUT2D eigenvalue weighted by Crippen LogP contribution is 2.17. The Morgan fingerprint density at radius 3 is 2.50 bits per heavy atom. The van der Waals surface area contributed by atoms with E-state index in [-0.39, 0.29) is 0 Å². The highest BCUT2D eigenvalue weighted by molar-refractivity contribution is 5.22. The summed E-state index contributed by atoms with van der Waals surface area (Å²) in [6.07, 6.45) is 3.69. The summed E-state index contributed by atoms with van der Waals surface area (Å²) in [7, 11) is 0. The Bertz CT molecular complexity index is 448. The van der Waals surface area contributed by atoms with Gasteiger partial charge in [-0.15, -0.1) is 0 Å². The minimum absolute atomic E-state index is 0.413. The summed E-state index contributed by atoms with van der Waals surface area (Å²) in [4.78, 5) is 6.89. The number of aromatic amines is 1. The summed E-state index contributed by atoms with van der Waals surface area (Å²) in [6.45, 7) is 0. The fourth-order valence-electron chi connectivity index (χ4n) is 1.52. The maximum atomic E-state index is 12.9. The van der Waals surface area contributed by atoms with E-state index in [0.717, 1.165) is 6.07 Å². The number of nitrogens with two attached hydrogens (primary N) is 1. The maximum Gasteiger partial charge on any atom is 0.126 e. The molecule has 0 radical (unpaired) electrons. The van der Waals surface area contributed by atoms with Crippen LogP contribution in [-0.4, -0.2) is 9.97 Å². The van der Waals surface area contributed by atoms with Crippen LogP contribution in [-0.2, 0) is 6.42 Å². The summed E-state index contributed by atoms with van der Waals surface area (Å²) in [5, 5.41) is 0. The minimum Gasteiger partial charge on any atom is -0.349 e. The fourth-order valence-corrected chi connectivity index (χ4v) is 1.52. The summed E-state index contributed by atoms with van der Waals surface area (Å²) >= 11 is 0. The van der Waals surface area contributed by atoms with Crippen LogP contribution in [0.25, 0.3) is 0 Å². The molecular weight excluding hydrogens is 212 g/mol. The Kier molecular flexibility index (Phi) is 2.96. The van der Waals surface area contributed by atoms with Crippen molar-refractivity contribution in [3.05, 3.63) is 53.6 Å². The molecule has 0 bridgehead atoms. The van der Waals surface area contributed by atoms with Crippen LogP contribution < -0.4 is 5.73 Å². The summed E-state index contributed by atoms with van der Waals surface area (Å²) in [6, 6.07) is 2.81. The second-order valence-corrected chi connectivity index (χ2v) is 3.55. The Hall–Kier alpha value is -1.75. The molecule has 1 atom stereocenters. The number of rotatable bonds is 3. The lowest BCUT2D eigenvalue weighted by atomic mass is 10.0. The maximum absolute atomic E-state index is 12.9. The number of halogens is 2. The van der Waals surface area contributed by atoms with Crippen LogP contribution in [0, 0.1) is 11.6 Å². The fraction of sp³-hybridized carbons (Fsp3) is 0.182. The molecule has 2 aromatic rings. The summed E-state index contributed by atoms with van der Waals surface area (Å²) in [5.74, 6) is -0.549. The Labute approximate surface area is 91.3 Å². The van der Waals surface area contributed by atoms with E-state index < -0.39 is 17.7 Å². The molecule has 1 unspecified atom stereocenters. The van der Waals surface area contributed by atoms with Gasteiger partial charge in [-0.1, -0.05) is 0 Å². The quantitative estimate of drug-likeness (QED) is 0.835. The molecule has 5 heteroatoms. The lowest BCUT2D eigenvalue weighted by molar-refractivity contribution is 0.571. The van der Waals surface area contributed by atoms with E-state index in [9.17, 15) is 8.78 Å². The molecule has 1 aromatic heterocycles. The zero-order valence-electron chi connectivity index (χ0n) is 8.45. The monoisotopic (exact) mass is 223 g/mol. The number of aromatic nitrogens is 2. The van der Waals surface area contributed by atoms with Crippen molar-refractivity contribution in [3.63, 3.8) is 0 Å². The minimum atomic E-state index is -0.620. The van der Waals surface area contributed by atoms with Crippen molar-refractivity contribution in [2.45, 2.75) is 12.5 Å². The first kappa shape index (κ1) is 10.8. The number of hydrogen-bond donors (Lipinski definition) is 2. The van der Waals surface area contributed by atoms with Crippen molar-refractivity contribution in [3.8, 4) is 0 Å². The second-order valence-electron chi connectivity index (χ2n) is 3.55. The molecule has 0 aliphatic heterocycles. The lowest BCUT2D eigenvalue weighted by Gasteiger charge is -2.10. The second kappa shape index (κ2) is 4.40. The number of imidazole rings is 1. The van der Waals surface area contributed by atoms with Gasteiger partial charge in [-0.25, -0.2) is 13.8 Å². The standard InChI is InChI=1S/C11H11F2N3/c12-8-3-7(4-9(13)5-8)10(14)6-11-15-1-2-16-11/h1-5,10H,6,14H2,(H,15,16). The normalized spacial score (nSPS) is 12.7. The van der Waals surface area contributed by atoms with Gasteiger partial charge >= 0.3 is 0 Å². The van der Waals surface area contributed by atoms with Crippen LogP contribution >= 0.6 is 0 Å². The molecule has 0 saturated carbocycles. The van der Waals surface area contributed by atoms with E-state index in [0.29, 0.717) is 17.8 Å². The van der Waals surface area contributed by atoms with Gasteiger partial charge in [0.05, 0.1) is 0 Å². The molecule has 3 nitrogen and oxygen atoms in total. The molecule has 16 heavy (non-hydrogen) atoms. The largest absolute Gasteiger partial charge is 0.349 e. The van der Waals surface area contributed by atoms with Gasteiger partial charge in [0, 0.05) is 30.9 Å². The number of benzene rings is 1. The molecule has 1 heterocycles. The number of nitrogens with zero attached hydrogens (tertiary/aromatic N) is 1. The molecule has 1 aromatic carbocycles. The highest BCUT2D eigenvalue weighted by Gasteiger charge is 2.11. The van der Waals surface area contributed by atoms with Crippen molar-refractivity contribution in [1.82, 2.24) is 9.97 Å². The topological polar surface area (TPSA) is 54.7 Å². The van der Waals surface area contributed by atoms with Crippen LogP contribution in [0.5, 0.6) is 0 Å². The third-order valence-electron chi connectivity index (χ3n) is 2.28. The Balaban J connectivity index is 2.17. The number of H-pyrrole nitrogens is 1. The summed E-state index contributed by atoms with van der Waals surface area (Å²) in [5.41, 5.74) is 6.26. The van der Waals surface area contributed by atoms with E-state index in [1.54, 1.807) is 12.4 Å². The Morgan fingerprint density at radius 2 is 1.94 bits per heavy atom. The average Bonchev–Trinajstić information content (AvgIpc) is 2.68. The van der Waals surface area contributed by atoms with Gasteiger partial charge < -0.3 is 10.7 Å². The van der Waals surface area contributed by atoms with E-state index in [1.807, 2.05) is 0 Å². The molecule has 0 fully saturated rings. The van der Waals surface area contributed by atoms with Crippen LogP contribution in [0.4, 0.5) is 8.78 Å². The van der Waals surface area contributed by atoms with Crippen molar-refractivity contribution < 1.29 is 8.78 Å². The van der Waals surface area contributed by atoms with Crippen LogP contribution in [0.2, 0.25) is 0 Å². The number of nitrogens with one attached hydrogen (secondary N) is 1. The van der Waals surface area contributed by atoms with Gasteiger partial charge in [0.1, 0.15) is 17.5 Å². The molecule has 0 aliphatic rings. The molecule has 2 rings (SSSR count). The summed E-state index contributed by atoms with van der Waals surface area (Å²) < 4.78 is 25.9. The molecule has 0 amide bonds. The smallest absolute Gasteiger partial charge is 0.126 e. The first-order chi connectivity index (χ1) is 7.65. The molecule has 0 aliphatic carbocycles. The Morgan fingerprint density at radius 1 is 1.25 bits per heavy atom. The van der Waals surface area contributed by atoms with Gasteiger partial charge in [-0.05, 0) is 17.7 Å². The SMILES string of the molecule is NC(Cc1ncc[nH]1)c1cc(F)cc(F)c1. The molecule has 84 valence electrons. The zero-order valence-corrected chi connectivity index (χ0v) is 8.45. The zero-order chi connectivity index (χ0) is 11.5. The third-order valence-corrected chi connectivity index (χ3v) is 2.28. The van der Waals surface area contributed by atoms with E-state index in [4.69, 9.17) is 5.73 Å². The van der Waals surface area contributed by atoms with E-state index in [1.165, 1.54) is 12.1 Å². The highest BCUT2D eigenvalue weighted by atomic mass is 19.1. The van der Waals surface area contributed by atoms with E-state index in [2.05, 4.69) is 9.97 Å². The first-order valence-electron chi connectivity index (χ1n) is 4.85.